The van der Waals surface area contributed by atoms with E-state index in [1.54, 1.807) is 36.7 Å². The summed E-state index contributed by atoms with van der Waals surface area (Å²) in [5.74, 6) is 1.66. The molecule has 1 amide bonds. The van der Waals surface area contributed by atoms with Crippen LogP contribution in [0.4, 0.5) is 11.6 Å². The molecule has 1 aliphatic rings. The highest BCUT2D eigenvalue weighted by atomic mass is 16.5. The molecular weight excluding hydrogens is 472 g/mol. The van der Waals surface area contributed by atoms with Crippen LogP contribution < -0.4 is 15.4 Å². The minimum atomic E-state index is -0.980. The Bertz CT molecular complexity index is 1400. The van der Waals surface area contributed by atoms with Crippen LogP contribution >= 0.6 is 0 Å². The summed E-state index contributed by atoms with van der Waals surface area (Å²) in [6, 6.07) is 9.80. The first-order chi connectivity index (χ1) is 17.7. The minimum absolute atomic E-state index is 0.152. The zero-order chi connectivity index (χ0) is 26.2. The second kappa shape index (κ2) is 9.83. The quantitative estimate of drug-likeness (QED) is 0.318. The fourth-order valence-corrected chi connectivity index (χ4v) is 4.15. The van der Waals surface area contributed by atoms with Crippen molar-refractivity contribution < 1.29 is 14.6 Å². The molecule has 1 saturated heterocycles. The van der Waals surface area contributed by atoms with Crippen LogP contribution in [0, 0.1) is 0 Å². The van der Waals surface area contributed by atoms with Crippen molar-refractivity contribution in [3.8, 4) is 17.0 Å². The summed E-state index contributed by atoms with van der Waals surface area (Å²) in [6.07, 6.45) is 6.30. The predicted molar refractivity (Wildman–Crippen MR) is 140 cm³/mol. The van der Waals surface area contributed by atoms with E-state index in [0.717, 1.165) is 35.5 Å². The molecule has 0 radical (unpaired) electrons. The number of ether oxygens (including phenoxy) is 1. The van der Waals surface area contributed by atoms with Gasteiger partial charge in [0.05, 0.1) is 22.9 Å². The van der Waals surface area contributed by atoms with Gasteiger partial charge in [0.15, 0.2) is 11.6 Å². The largest absolute Gasteiger partial charge is 0.488 e. The molecule has 4 aromatic heterocycles. The van der Waals surface area contributed by atoms with Gasteiger partial charge in [0.25, 0.3) is 5.91 Å². The maximum absolute atomic E-state index is 12.2. The molecular formula is C26H32N8O3. The highest BCUT2D eigenvalue weighted by Gasteiger charge is 2.25. The number of likely N-dealkylation sites (N-methyl/N-ethyl adjacent to an activating group) is 1. The SMILES string of the molecule is CN1CC[C@@H]1COc1cnn(C)c1-c1ccn2nc(Nc3ccc(C(=O)NCC(C)(C)O)cn3)cc2c1. The maximum Gasteiger partial charge on any atom is 0.252 e. The van der Waals surface area contributed by atoms with Gasteiger partial charge in [-0.25, -0.2) is 9.50 Å². The molecule has 5 heterocycles. The van der Waals surface area contributed by atoms with Crippen LogP contribution in [0.5, 0.6) is 5.75 Å². The van der Waals surface area contributed by atoms with E-state index in [1.165, 1.54) is 6.20 Å². The summed E-state index contributed by atoms with van der Waals surface area (Å²) in [4.78, 5) is 18.9. The molecule has 5 rings (SSSR count). The van der Waals surface area contributed by atoms with Crippen molar-refractivity contribution >= 4 is 23.1 Å². The zero-order valence-electron chi connectivity index (χ0n) is 21.5. The number of nitrogens with zero attached hydrogens (tertiary/aromatic N) is 6. The van der Waals surface area contributed by atoms with Crippen LogP contribution in [0.25, 0.3) is 16.8 Å². The highest BCUT2D eigenvalue weighted by Crippen LogP contribution is 2.31. The average molecular weight is 505 g/mol. The van der Waals surface area contributed by atoms with Gasteiger partial charge in [-0.2, -0.15) is 10.2 Å². The number of aromatic nitrogens is 5. The molecule has 194 valence electrons. The van der Waals surface area contributed by atoms with Crippen LogP contribution in [-0.2, 0) is 7.05 Å². The van der Waals surface area contributed by atoms with Crippen LogP contribution in [0.15, 0.2) is 48.9 Å². The van der Waals surface area contributed by atoms with E-state index in [2.05, 4.69) is 37.8 Å². The van der Waals surface area contributed by atoms with Gasteiger partial charge in [0, 0.05) is 43.7 Å². The van der Waals surface area contributed by atoms with Gasteiger partial charge in [-0.15, -0.1) is 0 Å². The standard InChI is InChI=1S/C26H32N8O3/c1-26(2,36)16-28-25(35)18-5-6-22(27-13-18)30-23-12-20-11-17(7-10-34(20)31-23)24-21(14-29-33(24)4)37-15-19-8-9-32(19)3/h5-7,10-14,19,36H,8-9,15-16H2,1-4H3,(H,28,35)(H,27,30,31)/t19-/m1/s1. The first kappa shape index (κ1) is 24.7. The van der Waals surface area contributed by atoms with Gasteiger partial charge < -0.3 is 20.5 Å². The molecule has 3 N–H and O–H groups in total. The molecule has 11 heteroatoms. The third-order valence-corrected chi connectivity index (χ3v) is 6.47. The number of hydrogen-bond donors (Lipinski definition) is 3. The molecule has 0 unspecified atom stereocenters. The van der Waals surface area contributed by atoms with E-state index in [0.29, 0.717) is 29.8 Å². The number of aryl methyl sites for hydroxylation is 1. The van der Waals surface area contributed by atoms with Crippen LogP contribution in [0.3, 0.4) is 0 Å². The first-order valence-corrected chi connectivity index (χ1v) is 12.2. The molecule has 11 nitrogen and oxygen atoms in total. The van der Waals surface area contributed by atoms with Crippen molar-refractivity contribution in [3.05, 3.63) is 54.5 Å². The summed E-state index contributed by atoms with van der Waals surface area (Å²) < 4.78 is 9.74. The van der Waals surface area contributed by atoms with E-state index in [1.807, 2.05) is 36.1 Å². The van der Waals surface area contributed by atoms with E-state index in [-0.39, 0.29) is 12.5 Å². The van der Waals surface area contributed by atoms with Crippen molar-refractivity contribution in [2.24, 2.45) is 7.05 Å². The van der Waals surface area contributed by atoms with Gasteiger partial charge in [0.1, 0.15) is 18.1 Å². The van der Waals surface area contributed by atoms with E-state index in [9.17, 15) is 9.90 Å². The molecule has 0 saturated carbocycles. The second-order valence-corrected chi connectivity index (χ2v) is 10.1. The third-order valence-electron chi connectivity index (χ3n) is 6.47. The highest BCUT2D eigenvalue weighted by molar-refractivity contribution is 5.94. The van der Waals surface area contributed by atoms with Crippen LogP contribution in [-0.4, -0.2) is 78.7 Å². The Morgan fingerprint density at radius 3 is 2.70 bits per heavy atom. The lowest BCUT2D eigenvalue weighted by Crippen LogP contribution is -2.48. The fraction of sp³-hybridized carbons (Fsp3) is 0.385. The number of aliphatic hydroxyl groups is 1. The molecule has 0 spiro atoms. The number of likely N-dealkylation sites (tertiary alicyclic amines) is 1. The first-order valence-electron chi connectivity index (χ1n) is 12.2. The Morgan fingerprint density at radius 2 is 2.03 bits per heavy atom. The number of carbonyl (C=O) groups is 1. The molecule has 1 aliphatic heterocycles. The molecule has 0 aliphatic carbocycles. The zero-order valence-corrected chi connectivity index (χ0v) is 21.5. The molecule has 4 aromatic rings. The summed E-state index contributed by atoms with van der Waals surface area (Å²) in [7, 11) is 4.02. The Hall–Kier alpha value is -3.96. The summed E-state index contributed by atoms with van der Waals surface area (Å²) in [5, 5.41) is 24.6. The summed E-state index contributed by atoms with van der Waals surface area (Å²) in [6.45, 7) is 5.18. The molecule has 1 fully saturated rings. The van der Waals surface area contributed by atoms with Crippen molar-refractivity contribution in [3.63, 3.8) is 0 Å². The molecule has 0 aromatic carbocycles. The van der Waals surface area contributed by atoms with Crippen LogP contribution in [0.1, 0.15) is 30.6 Å². The number of hydrogen-bond acceptors (Lipinski definition) is 8. The van der Waals surface area contributed by atoms with Crippen molar-refractivity contribution in [1.29, 1.82) is 0 Å². The van der Waals surface area contributed by atoms with Gasteiger partial charge >= 0.3 is 0 Å². The summed E-state index contributed by atoms with van der Waals surface area (Å²) in [5.41, 5.74) is 2.23. The van der Waals surface area contributed by atoms with Crippen molar-refractivity contribution in [1.82, 2.24) is 34.6 Å². The predicted octanol–water partition coefficient (Wildman–Crippen LogP) is 2.46. The smallest absolute Gasteiger partial charge is 0.252 e. The molecule has 1 atom stereocenters. The van der Waals surface area contributed by atoms with E-state index in [4.69, 9.17) is 4.74 Å². The second-order valence-electron chi connectivity index (χ2n) is 10.1. The Kier molecular flexibility index (Phi) is 6.57. The Morgan fingerprint density at radius 1 is 1.19 bits per heavy atom. The number of pyridine rings is 2. The lowest BCUT2D eigenvalue weighted by molar-refractivity contribution is 0.0694. The lowest BCUT2D eigenvalue weighted by atomic mass is 10.1. The topological polar surface area (TPSA) is 122 Å². The Balaban J connectivity index is 1.28. The molecule has 37 heavy (non-hydrogen) atoms. The van der Waals surface area contributed by atoms with Gasteiger partial charge in [-0.3, -0.25) is 14.4 Å². The van der Waals surface area contributed by atoms with Crippen LogP contribution in [0.2, 0.25) is 0 Å². The fourth-order valence-electron chi connectivity index (χ4n) is 4.15. The number of rotatable bonds is 9. The van der Waals surface area contributed by atoms with Gasteiger partial charge in [-0.05, 0) is 58.1 Å². The monoisotopic (exact) mass is 504 g/mol. The lowest BCUT2D eigenvalue weighted by Gasteiger charge is -2.37. The van der Waals surface area contributed by atoms with E-state index < -0.39 is 5.60 Å². The Labute approximate surface area is 215 Å². The maximum atomic E-state index is 12.2. The number of amides is 1. The van der Waals surface area contributed by atoms with Crippen molar-refractivity contribution in [2.45, 2.75) is 31.9 Å². The summed E-state index contributed by atoms with van der Waals surface area (Å²) >= 11 is 0. The number of anilines is 2. The number of fused-ring (bicyclic) bond motifs is 1. The van der Waals surface area contributed by atoms with Gasteiger partial charge in [0.2, 0.25) is 0 Å². The van der Waals surface area contributed by atoms with Gasteiger partial charge in [-0.1, -0.05) is 0 Å². The third kappa shape index (κ3) is 5.57. The number of nitrogens with one attached hydrogen (secondary N) is 2. The average Bonchev–Trinajstić information content (AvgIpc) is 3.43. The minimum Gasteiger partial charge on any atom is -0.488 e. The normalized spacial score (nSPS) is 16.0. The number of carbonyl (C=O) groups excluding carboxylic acids is 1. The molecule has 0 bridgehead atoms. The van der Waals surface area contributed by atoms with Crippen molar-refractivity contribution in [2.75, 3.05) is 32.1 Å². The van der Waals surface area contributed by atoms with E-state index >= 15 is 0 Å².